The third-order valence-electron chi connectivity index (χ3n) is 3.87. The fourth-order valence-corrected chi connectivity index (χ4v) is 2.92. The number of nitrogens with one attached hydrogen (secondary N) is 2. The quantitative estimate of drug-likeness (QED) is 0.796. The van der Waals surface area contributed by atoms with Crippen molar-refractivity contribution in [3.63, 3.8) is 0 Å². The minimum Gasteiger partial charge on any atom is -0.380 e. The van der Waals surface area contributed by atoms with Crippen molar-refractivity contribution >= 4 is 5.69 Å². The van der Waals surface area contributed by atoms with Crippen LogP contribution < -0.4 is 5.32 Å². The molecule has 3 rings (SSSR count). The number of aromatic amines is 1. The van der Waals surface area contributed by atoms with Crippen molar-refractivity contribution in [1.82, 2.24) is 10.2 Å². The van der Waals surface area contributed by atoms with Crippen LogP contribution in [0.5, 0.6) is 0 Å². The van der Waals surface area contributed by atoms with Gasteiger partial charge in [-0.25, -0.2) is 0 Å². The van der Waals surface area contributed by atoms with Crippen molar-refractivity contribution < 1.29 is 0 Å². The first-order valence-corrected chi connectivity index (χ1v) is 6.17. The fourth-order valence-electron chi connectivity index (χ4n) is 2.92. The van der Waals surface area contributed by atoms with E-state index in [0.717, 1.165) is 17.5 Å². The molecule has 0 amide bonds. The zero-order valence-electron chi connectivity index (χ0n) is 9.08. The molecular weight excluding hydrogens is 186 g/mol. The van der Waals surface area contributed by atoms with Crippen LogP contribution in [-0.2, 0) is 0 Å². The second kappa shape index (κ2) is 3.87. The van der Waals surface area contributed by atoms with Crippen LogP contribution in [0.25, 0.3) is 0 Å². The SMILES string of the molecule is c1n[nH]cc1NC1CCCC(C2CC2)C1. The molecule has 2 N–H and O–H groups in total. The van der Waals surface area contributed by atoms with Gasteiger partial charge in [-0.2, -0.15) is 5.10 Å². The lowest BCUT2D eigenvalue weighted by Gasteiger charge is -2.30. The molecular formula is C12H19N3. The highest BCUT2D eigenvalue weighted by Gasteiger charge is 2.34. The lowest BCUT2D eigenvalue weighted by atomic mass is 9.82. The van der Waals surface area contributed by atoms with Crippen LogP contribution in [0.15, 0.2) is 12.4 Å². The van der Waals surface area contributed by atoms with Gasteiger partial charge in [-0.05, 0) is 37.5 Å². The maximum atomic E-state index is 3.97. The molecule has 3 nitrogen and oxygen atoms in total. The summed E-state index contributed by atoms with van der Waals surface area (Å²) < 4.78 is 0. The highest BCUT2D eigenvalue weighted by molar-refractivity contribution is 5.38. The molecule has 15 heavy (non-hydrogen) atoms. The van der Waals surface area contributed by atoms with Crippen LogP contribution in [0.1, 0.15) is 38.5 Å². The summed E-state index contributed by atoms with van der Waals surface area (Å²) in [5, 5.41) is 10.4. The topological polar surface area (TPSA) is 40.7 Å². The molecule has 1 aromatic heterocycles. The molecule has 1 aromatic rings. The number of rotatable bonds is 3. The van der Waals surface area contributed by atoms with Crippen LogP contribution in [0.4, 0.5) is 5.69 Å². The first-order valence-electron chi connectivity index (χ1n) is 6.17. The van der Waals surface area contributed by atoms with Gasteiger partial charge in [-0.15, -0.1) is 0 Å². The van der Waals surface area contributed by atoms with Gasteiger partial charge in [0.1, 0.15) is 0 Å². The van der Waals surface area contributed by atoms with E-state index in [-0.39, 0.29) is 0 Å². The Bertz CT molecular complexity index is 303. The summed E-state index contributed by atoms with van der Waals surface area (Å²) in [4.78, 5) is 0. The van der Waals surface area contributed by atoms with Gasteiger partial charge in [0, 0.05) is 12.2 Å². The number of hydrogen-bond acceptors (Lipinski definition) is 2. The summed E-state index contributed by atoms with van der Waals surface area (Å²) in [7, 11) is 0. The Kier molecular flexibility index (Phi) is 2.39. The van der Waals surface area contributed by atoms with Gasteiger partial charge in [-0.1, -0.05) is 12.8 Å². The molecule has 82 valence electrons. The minimum absolute atomic E-state index is 0.682. The van der Waals surface area contributed by atoms with Gasteiger partial charge in [-0.3, -0.25) is 5.10 Å². The van der Waals surface area contributed by atoms with E-state index < -0.39 is 0 Å². The molecule has 0 saturated heterocycles. The van der Waals surface area contributed by atoms with E-state index in [1.807, 2.05) is 12.4 Å². The molecule has 0 aromatic carbocycles. The van der Waals surface area contributed by atoms with Crippen molar-refractivity contribution in [3.05, 3.63) is 12.4 Å². The molecule has 2 aliphatic carbocycles. The van der Waals surface area contributed by atoms with E-state index in [0.29, 0.717) is 6.04 Å². The first kappa shape index (κ1) is 9.25. The molecule has 0 aliphatic heterocycles. The van der Waals surface area contributed by atoms with Crippen molar-refractivity contribution in [2.45, 2.75) is 44.6 Å². The number of hydrogen-bond donors (Lipinski definition) is 2. The van der Waals surface area contributed by atoms with E-state index in [9.17, 15) is 0 Å². The molecule has 0 bridgehead atoms. The maximum absolute atomic E-state index is 3.97. The van der Waals surface area contributed by atoms with Crippen LogP contribution in [0.2, 0.25) is 0 Å². The summed E-state index contributed by atoms with van der Waals surface area (Å²) in [6.45, 7) is 0. The monoisotopic (exact) mass is 205 g/mol. The minimum atomic E-state index is 0.682. The highest BCUT2D eigenvalue weighted by Crippen LogP contribution is 2.44. The Morgan fingerprint density at radius 3 is 2.87 bits per heavy atom. The predicted octanol–water partition coefficient (Wildman–Crippen LogP) is 2.79. The Morgan fingerprint density at radius 1 is 1.20 bits per heavy atom. The second-order valence-corrected chi connectivity index (χ2v) is 5.09. The van der Waals surface area contributed by atoms with Crippen LogP contribution >= 0.6 is 0 Å². The van der Waals surface area contributed by atoms with E-state index in [1.165, 1.54) is 38.5 Å². The average molecular weight is 205 g/mol. The smallest absolute Gasteiger partial charge is 0.0725 e. The highest BCUT2D eigenvalue weighted by atomic mass is 15.1. The molecule has 0 spiro atoms. The number of aromatic nitrogens is 2. The zero-order valence-corrected chi connectivity index (χ0v) is 9.08. The summed E-state index contributed by atoms with van der Waals surface area (Å²) >= 11 is 0. The van der Waals surface area contributed by atoms with E-state index in [4.69, 9.17) is 0 Å². The lowest BCUT2D eigenvalue weighted by Crippen LogP contribution is -2.27. The average Bonchev–Trinajstić information content (AvgIpc) is 3.00. The molecule has 2 fully saturated rings. The van der Waals surface area contributed by atoms with E-state index in [1.54, 1.807) is 0 Å². The van der Waals surface area contributed by atoms with Gasteiger partial charge >= 0.3 is 0 Å². The third-order valence-corrected chi connectivity index (χ3v) is 3.87. The fraction of sp³-hybridized carbons (Fsp3) is 0.750. The van der Waals surface area contributed by atoms with E-state index in [2.05, 4.69) is 15.5 Å². The van der Waals surface area contributed by atoms with Crippen molar-refractivity contribution in [1.29, 1.82) is 0 Å². The summed E-state index contributed by atoms with van der Waals surface area (Å²) in [5.41, 5.74) is 1.15. The molecule has 2 unspecified atom stereocenters. The van der Waals surface area contributed by atoms with E-state index >= 15 is 0 Å². The molecule has 0 radical (unpaired) electrons. The summed E-state index contributed by atoms with van der Waals surface area (Å²) in [5.74, 6) is 2.07. The van der Waals surface area contributed by atoms with Gasteiger partial charge in [0.05, 0.1) is 11.9 Å². The number of H-pyrrole nitrogens is 1. The molecule has 2 atom stereocenters. The standard InChI is InChI=1S/C12H19N3/c1-2-10(9-4-5-9)6-11(3-1)15-12-7-13-14-8-12/h7-11,15H,1-6H2,(H,13,14). The van der Waals surface area contributed by atoms with Crippen molar-refractivity contribution in [2.75, 3.05) is 5.32 Å². The Balaban J connectivity index is 1.56. The van der Waals surface area contributed by atoms with Crippen LogP contribution in [0.3, 0.4) is 0 Å². The van der Waals surface area contributed by atoms with Gasteiger partial charge in [0.25, 0.3) is 0 Å². The van der Waals surface area contributed by atoms with Crippen molar-refractivity contribution in [3.8, 4) is 0 Å². The predicted molar refractivity (Wildman–Crippen MR) is 60.7 cm³/mol. The van der Waals surface area contributed by atoms with Crippen molar-refractivity contribution in [2.24, 2.45) is 11.8 Å². The first-order chi connectivity index (χ1) is 7.42. The molecule has 2 saturated carbocycles. The van der Waals surface area contributed by atoms with Gasteiger partial charge in [0.2, 0.25) is 0 Å². The maximum Gasteiger partial charge on any atom is 0.0725 e. The molecule has 2 aliphatic rings. The largest absolute Gasteiger partial charge is 0.380 e. The summed E-state index contributed by atoms with van der Waals surface area (Å²) in [6.07, 6.45) is 12.4. The Hall–Kier alpha value is -0.990. The second-order valence-electron chi connectivity index (χ2n) is 5.09. The van der Waals surface area contributed by atoms with Gasteiger partial charge < -0.3 is 5.32 Å². The lowest BCUT2D eigenvalue weighted by molar-refractivity contribution is 0.303. The number of nitrogens with zero attached hydrogens (tertiary/aromatic N) is 1. The summed E-state index contributed by atoms with van der Waals surface area (Å²) in [6, 6.07) is 0.682. The van der Waals surface area contributed by atoms with Crippen LogP contribution in [-0.4, -0.2) is 16.2 Å². The Morgan fingerprint density at radius 2 is 2.13 bits per heavy atom. The Labute approximate surface area is 90.7 Å². The zero-order chi connectivity index (χ0) is 10.1. The molecule has 3 heteroatoms. The van der Waals surface area contributed by atoms with Gasteiger partial charge in [0.15, 0.2) is 0 Å². The normalized spacial score (nSPS) is 31.5. The molecule has 1 heterocycles. The third kappa shape index (κ3) is 2.16. The van der Waals surface area contributed by atoms with Crippen LogP contribution in [0, 0.1) is 11.8 Å². The number of anilines is 1.